The number of hydrogen-bond donors (Lipinski definition) is 1. The van der Waals surface area contributed by atoms with Crippen LogP contribution in [0.25, 0.3) is 0 Å². The Bertz CT molecular complexity index is 572. The normalized spacial score (nSPS) is 12.2. The highest BCUT2D eigenvalue weighted by molar-refractivity contribution is 9.10. The Morgan fingerprint density at radius 2 is 1.84 bits per heavy atom. The molecule has 0 saturated carbocycles. The summed E-state index contributed by atoms with van der Waals surface area (Å²) < 4.78 is 27.3. The molecule has 2 rings (SSSR count). The lowest BCUT2D eigenvalue weighted by Crippen LogP contribution is -2.18. The van der Waals surface area contributed by atoms with Crippen molar-refractivity contribution in [2.75, 3.05) is 5.32 Å². The first kappa shape index (κ1) is 14.0. The molecule has 0 aromatic heterocycles. The zero-order valence-electron chi connectivity index (χ0n) is 10.5. The van der Waals surface area contributed by atoms with Crippen LogP contribution in [0.1, 0.15) is 12.5 Å². The fraction of sp³-hybridized carbons (Fsp3) is 0.200. The summed E-state index contributed by atoms with van der Waals surface area (Å²) in [6, 6.07) is 11.5. The van der Waals surface area contributed by atoms with Crippen LogP contribution >= 0.6 is 15.9 Å². The van der Waals surface area contributed by atoms with Gasteiger partial charge in [-0.25, -0.2) is 8.78 Å². The molecule has 2 aromatic carbocycles. The molecule has 0 heterocycles. The van der Waals surface area contributed by atoms with Crippen molar-refractivity contribution in [2.24, 2.45) is 0 Å². The molecule has 0 bridgehead atoms. The van der Waals surface area contributed by atoms with E-state index in [1.807, 2.05) is 13.0 Å². The van der Waals surface area contributed by atoms with Gasteiger partial charge >= 0.3 is 0 Å². The second-order valence-electron chi connectivity index (χ2n) is 4.47. The topological polar surface area (TPSA) is 12.0 Å². The molecule has 0 amide bonds. The van der Waals surface area contributed by atoms with Crippen molar-refractivity contribution in [2.45, 2.75) is 19.4 Å². The van der Waals surface area contributed by atoms with Gasteiger partial charge in [0, 0.05) is 11.7 Å². The molecule has 0 aliphatic carbocycles. The third kappa shape index (κ3) is 3.77. The van der Waals surface area contributed by atoms with Gasteiger partial charge in [0.15, 0.2) is 0 Å². The summed E-state index contributed by atoms with van der Waals surface area (Å²) in [5, 5.41) is 3.16. The second kappa shape index (κ2) is 6.15. The molecule has 1 unspecified atom stereocenters. The highest BCUT2D eigenvalue weighted by Gasteiger charge is 2.08. The molecule has 0 saturated heterocycles. The molecule has 0 aliphatic heterocycles. The van der Waals surface area contributed by atoms with Crippen LogP contribution in [0, 0.1) is 11.6 Å². The SMILES string of the molecule is CC(Cc1ccccc1F)Nc1ccc(Br)c(F)c1. The number of nitrogens with one attached hydrogen (secondary N) is 1. The van der Waals surface area contributed by atoms with Crippen molar-refractivity contribution < 1.29 is 8.78 Å². The highest BCUT2D eigenvalue weighted by Crippen LogP contribution is 2.20. The Morgan fingerprint density at radius 3 is 2.53 bits per heavy atom. The van der Waals surface area contributed by atoms with E-state index in [1.54, 1.807) is 24.3 Å². The van der Waals surface area contributed by atoms with E-state index in [1.165, 1.54) is 12.1 Å². The quantitative estimate of drug-likeness (QED) is 0.853. The molecule has 19 heavy (non-hydrogen) atoms. The number of anilines is 1. The minimum absolute atomic E-state index is 0.0116. The minimum atomic E-state index is -0.317. The number of rotatable bonds is 4. The molecule has 0 fully saturated rings. The fourth-order valence-electron chi connectivity index (χ4n) is 1.92. The molecule has 1 N–H and O–H groups in total. The van der Waals surface area contributed by atoms with Gasteiger partial charge in [0.05, 0.1) is 4.47 Å². The number of benzene rings is 2. The zero-order valence-corrected chi connectivity index (χ0v) is 12.0. The maximum Gasteiger partial charge on any atom is 0.139 e. The summed E-state index contributed by atoms with van der Waals surface area (Å²) in [6.45, 7) is 1.94. The molecule has 100 valence electrons. The lowest BCUT2D eigenvalue weighted by Gasteiger charge is -2.16. The van der Waals surface area contributed by atoms with Crippen molar-refractivity contribution in [1.82, 2.24) is 0 Å². The summed E-state index contributed by atoms with van der Waals surface area (Å²) in [5.74, 6) is -0.527. The van der Waals surface area contributed by atoms with Crippen LogP contribution in [0.2, 0.25) is 0 Å². The fourth-order valence-corrected chi connectivity index (χ4v) is 2.16. The van der Waals surface area contributed by atoms with Gasteiger partial charge in [-0.3, -0.25) is 0 Å². The summed E-state index contributed by atoms with van der Waals surface area (Å²) in [4.78, 5) is 0. The Kier molecular flexibility index (Phi) is 4.53. The van der Waals surface area contributed by atoms with Gasteiger partial charge in [-0.2, -0.15) is 0 Å². The number of halogens is 3. The molecular weight excluding hydrogens is 312 g/mol. The predicted molar refractivity (Wildman–Crippen MR) is 77.3 cm³/mol. The van der Waals surface area contributed by atoms with Gasteiger partial charge in [-0.15, -0.1) is 0 Å². The van der Waals surface area contributed by atoms with Crippen molar-refractivity contribution >= 4 is 21.6 Å². The lowest BCUT2D eigenvalue weighted by atomic mass is 10.1. The maximum atomic E-state index is 13.5. The van der Waals surface area contributed by atoms with Gasteiger partial charge in [0.25, 0.3) is 0 Å². The molecule has 4 heteroatoms. The van der Waals surface area contributed by atoms with E-state index < -0.39 is 0 Å². The Hall–Kier alpha value is -1.42. The Labute approximate surface area is 119 Å². The van der Waals surface area contributed by atoms with Crippen LogP contribution < -0.4 is 5.32 Å². The van der Waals surface area contributed by atoms with Crippen LogP contribution in [-0.4, -0.2) is 6.04 Å². The van der Waals surface area contributed by atoms with Crippen LogP contribution in [0.4, 0.5) is 14.5 Å². The molecule has 0 spiro atoms. The second-order valence-corrected chi connectivity index (χ2v) is 5.32. The monoisotopic (exact) mass is 325 g/mol. The molecular formula is C15H14BrF2N. The van der Waals surface area contributed by atoms with Gasteiger partial charge in [-0.05, 0) is 59.1 Å². The highest BCUT2D eigenvalue weighted by atomic mass is 79.9. The van der Waals surface area contributed by atoms with Gasteiger partial charge in [0.1, 0.15) is 11.6 Å². The minimum Gasteiger partial charge on any atom is -0.382 e. The van der Waals surface area contributed by atoms with E-state index in [0.717, 1.165) is 0 Å². The van der Waals surface area contributed by atoms with Crippen molar-refractivity contribution in [3.8, 4) is 0 Å². The van der Waals surface area contributed by atoms with Crippen LogP contribution in [-0.2, 0) is 6.42 Å². The van der Waals surface area contributed by atoms with Crippen molar-refractivity contribution in [3.63, 3.8) is 0 Å². The third-order valence-electron chi connectivity index (χ3n) is 2.82. The summed E-state index contributed by atoms with van der Waals surface area (Å²) in [7, 11) is 0. The molecule has 0 aliphatic rings. The van der Waals surface area contributed by atoms with E-state index in [2.05, 4.69) is 21.2 Å². The van der Waals surface area contributed by atoms with E-state index in [-0.39, 0.29) is 17.7 Å². The van der Waals surface area contributed by atoms with Crippen LogP contribution in [0.5, 0.6) is 0 Å². The average molecular weight is 326 g/mol. The summed E-state index contributed by atoms with van der Waals surface area (Å²) in [5.41, 5.74) is 1.34. The van der Waals surface area contributed by atoms with Gasteiger partial charge in [0.2, 0.25) is 0 Å². The van der Waals surface area contributed by atoms with Crippen LogP contribution in [0.15, 0.2) is 46.9 Å². The molecule has 2 aromatic rings. The Morgan fingerprint density at radius 1 is 1.11 bits per heavy atom. The first-order chi connectivity index (χ1) is 9.06. The largest absolute Gasteiger partial charge is 0.382 e. The summed E-state index contributed by atoms with van der Waals surface area (Å²) in [6.07, 6.45) is 0.546. The zero-order chi connectivity index (χ0) is 13.8. The first-order valence-corrected chi connectivity index (χ1v) is 6.80. The van der Waals surface area contributed by atoms with Crippen molar-refractivity contribution in [1.29, 1.82) is 0 Å². The molecule has 1 nitrogen and oxygen atoms in total. The molecule has 0 radical (unpaired) electrons. The van der Waals surface area contributed by atoms with Gasteiger partial charge in [-0.1, -0.05) is 18.2 Å². The standard InChI is InChI=1S/C15H14BrF2N/c1-10(8-11-4-2-3-5-14(11)17)19-12-6-7-13(16)15(18)9-12/h2-7,9-10,19H,8H2,1H3. The van der Waals surface area contributed by atoms with Crippen molar-refractivity contribution in [3.05, 3.63) is 64.1 Å². The molecule has 1 atom stereocenters. The van der Waals surface area contributed by atoms with E-state index in [4.69, 9.17) is 0 Å². The third-order valence-corrected chi connectivity index (χ3v) is 3.46. The smallest absolute Gasteiger partial charge is 0.139 e. The van der Waals surface area contributed by atoms with E-state index in [0.29, 0.717) is 22.1 Å². The first-order valence-electron chi connectivity index (χ1n) is 6.01. The number of hydrogen-bond acceptors (Lipinski definition) is 1. The summed E-state index contributed by atoms with van der Waals surface area (Å²) >= 11 is 3.11. The Balaban J connectivity index is 2.03. The maximum absolute atomic E-state index is 13.5. The lowest BCUT2D eigenvalue weighted by molar-refractivity contribution is 0.600. The van der Waals surface area contributed by atoms with Gasteiger partial charge < -0.3 is 5.32 Å². The van der Waals surface area contributed by atoms with E-state index in [9.17, 15) is 8.78 Å². The van der Waals surface area contributed by atoms with E-state index >= 15 is 0 Å². The predicted octanol–water partition coefficient (Wildman–Crippen LogP) is 4.77. The average Bonchev–Trinajstić information content (AvgIpc) is 2.37. The van der Waals surface area contributed by atoms with Crippen LogP contribution in [0.3, 0.4) is 0 Å².